The van der Waals surface area contributed by atoms with Crippen LogP contribution in [0.4, 0.5) is 10.5 Å². The van der Waals surface area contributed by atoms with Crippen LogP contribution < -0.4 is 15.8 Å². The van der Waals surface area contributed by atoms with Gasteiger partial charge in [-0.25, -0.2) is 9.89 Å². The normalized spacial score (nSPS) is 14.3. The van der Waals surface area contributed by atoms with Gasteiger partial charge in [0, 0.05) is 51.0 Å². The Bertz CT molecular complexity index is 800. The smallest absolute Gasteiger partial charge is 0.317 e. The fourth-order valence-electron chi connectivity index (χ4n) is 3.14. The second-order valence-corrected chi connectivity index (χ2v) is 6.47. The number of nitrogens with zero attached hydrogens (tertiary/aromatic N) is 3. The zero-order chi connectivity index (χ0) is 19.1. The monoisotopic (exact) mass is 371 g/mol. The molecule has 2 aromatic rings. The number of aliphatic hydroxyl groups excluding tert-OH is 1. The largest absolute Gasteiger partial charge is 0.396 e. The molecule has 1 aromatic heterocycles. The minimum absolute atomic E-state index is 0.0834. The number of carbonyl (C=O) groups excluding carboxylic acids is 1. The van der Waals surface area contributed by atoms with Crippen LogP contribution in [-0.2, 0) is 0 Å². The predicted molar refractivity (Wildman–Crippen MR) is 104 cm³/mol. The minimum Gasteiger partial charge on any atom is -0.396 e. The highest BCUT2D eigenvalue weighted by molar-refractivity contribution is 5.76. The van der Waals surface area contributed by atoms with Crippen molar-refractivity contribution in [1.82, 2.24) is 20.4 Å². The van der Waals surface area contributed by atoms with Gasteiger partial charge < -0.3 is 20.2 Å². The minimum atomic E-state index is -0.242. The van der Waals surface area contributed by atoms with E-state index in [9.17, 15) is 9.59 Å². The molecule has 1 saturated heterocycles. The van der Waals surface area contributed by atoms with Crippen LogP contribution in [0.5, 0.6) is 0 Å². The molecule has 0 aliphatic carbocycles. The third-order valence-corrected chi connectivity index (χ3v) is 4.60. The summed E-state index contributed by atoms with van der Waals surface area (Å²) in [7, 11) is 0. The first-order valence-electron chi connectivity index (χ1n) is 9.23. The molecule has 3 rings (SSSR count). The topological polar surface area (TPSA) is 102 Å². The maximum atomic E-state index is 12.2. The highest BCUT2D eigenvalue weighted by Crippen LogP contribution is 2.27. The van der Waals surface area contributed by atoms with Crippen LogP contribution in [0.2, 0.25) is 0 Å². The van der Waals surface area contributed by atoms with Gasteiger partial charge in [0.2, 0.25) is 0 Å². The van der Waals surface area contributed by atoms with E-state index in [0.29, 0.717) is 39.1 Å². The van der Waals surface area contributed by atoms with E-state index in [1.54, 1.807) is 11.0 Å². The van der Waals surface area contributed by atoms with E-state index < -0.39 is 0 Å². The van der Waals surface area contributed by atoms with E-state index in [1.807, 2.05) is 30.3 Å². The van der Waals surface area contributed by atoms with Crippen molar-refractivity contribution >= 4 is 11.7 Å². The van der Waals surface area contributed by atoms with E-state index in [2.05, 4.69) is 20.4 Å². The molecule has 0 unspecified atom stereocenters. The van der Waals surface area contributed by atoms with Gasteiger partial charge in [0.1, 0.15) is 5.69 Å². The van der Waals surface area contributed by atoms with Crippen molar-refractivity contribution in [2.24, 2.45) is 0 Å². The van der Waals surface area contributed by atoms with Gasteiger partial charge in [-0.3, -0.25) is 4.79 Å². The number of aromatic nitrogens is 2. The molecule has 0 bridgehead atoms. The average Bonchev–Trinajstić information content (AvgIpc) is 2.72. The predicted octanol–water partition coefficient (Wildman–Crippen LogP) is 1.04. The molecule has 1 fully saturated rings. The Balaban J connectivity index is 1.65. The summed E-state index contributed by atoms with van der Waals surface area (Å²) in [5.41, 5.74) is 2.21. The molecule has 1 aliphatic rings. The first-order valence-corrected chi connectivity index (χ1v) is 9.23. The second-order valence-electron chi connectivity index (χ2n) is 6.47. The fourth-order valence-corrected chi connectivity index (χ4v) is 3.14. The summed E-state index contributed by atoms with van der Waals surface area (Å²) in [6.45, 7) is 3.13. The number of carbonyl (C=O) groups is 1. The van der Waals surface area contributed by atoms with Gasteiger partial charge in [-0.05, 0) is 12.8 Å². The molecule has 0 spiro atoms. The SMILES string of the molecule is O=C(NCCCCO)N1CCN(c2cc(=O)[nH]nc2-c2ccccc2)CC1. The Morgan fingerprint density at radius 1 is 1.15 bits per heavy atom. The average molecular weight is 371 g/mol. The number of aromatic amines is 1. The van der Waals surface area contributed by atoms with Crippen LogP contribution >= 0.6 is 0 Å². The van der Waals surface area contributed by atoms with Gasteiger partial charge in [0.15, 0.2) is 0 Å². The van der Waals surface area contributed by atoms with Crippen LogP contribution in [0, 0.1) is 0 Å². The van der Waals surface area contributed by atoms with E-state index in [-0.39, 0.29) is 18.2 Å². The third-order valence-electron chi connectivity index (χ3n) is 4.60. The number of H-pyrrole nitrogens is 1. The molecule has 3 N–H and O–H groups in total. The molecule has 0 radical (unpaired) electrons. The molecular formula is C19H25N5O3. The summed E-state index contributed by atoms with van der Waals surface area (Å²) in [5, 5.41) is 18.4. The number of hydrogen-bond donors (Lipinski definition) is 3. The standard InChI is InChI=1S/C19H25N5O3/c25-13-5-4-8-20-19(27)24-11-9-23(10-12-24)16-14-17(26)21-22-18(16)15-6-2-1-3-7-15/h1-3,6-7,14,25H,4-5,8-13H2,(H,20,27)(H,21,26). The van der Waals surface area contributed by atoms with Gasteiger partial charge in [0.25, 0.3) is 5.56 Å². The lowest BCUT2D eigenvalue weighted by Crippen LogP contribution is -2.52. The van der Waals surface area contributed by atoms with Gasteiger partial charge in [-0.1, -0.05) is 30.3 Å². The molecule has 1 aliphatic heterocycles. The Hall–Kier alpha value is -2.87. The summed E-state index contributed by atoms with van der Waals surface area (Å²) in [5.74, 6) is 0. The lowest BCUT2D eigenvalue weighted by molar-refractivity contribution is 0.193. The van der Waals surface area contributed by atoms with Crippen molar-refractivity contribution in [2.45, 2.75) is 12.8 Å². The summed E-state index contributed by atoms with van der Waals surface area (Å²) >= 11 is 0. The molecule has 27 heavy (non-hydrogen) atoms. The molecule has 0 saturated carbocycles. The van der Waals surface area contributed by atoms with Crippen LogP contribution in [0.15, 0.2) is 41.2 Å². The third kappa shape index (κ3) is 4.85. The number of rotatable bonds is 6. The zero-order valence-electron chi connectivity index (χ0n) is 15.2. The molecule has 0 atom stereocenters. The first kappa shape index (κ1) is 18.9. The Labute approximate surface area is 157 Å². The van der Waals surface area contributed by atoms with Crippen molar-refractivity contribution in [3.63, 3.8) is 0 Å². The number of amides is 2. The molecule has 1 aromatic carbocycles. The highest BCUT2D eigenvalue weighted by atomic mass is 16.3. The Morgan fingerprint density at radius 3 is 2.59 bits per heavy atom. The number of aliphatic hydroxyl groups is 1. The number of piperazine rings is 1. The Morgan fingerprint density at radius 2 is 1.89 bits per heavy atom. The first-order chi connectivity index (χ1) is 13.2. The lowest BCUT2D eigenvalue weighted by atomic mass is 10.1. The summed E-state index contributed by atoms with van der Waals surface area (Å²) in [6, 6.07) is 11.2. The zero-order valence-corrected chi connectivity index (χ0v) is 15.2. The Kier molecular flexibility index (Phi) is 6.43. The highest BCUT2D eigenvalue weighted by Gasteiger charge is 2.23. The maximum absolute atomic E-state index is 12.2. The summed E-state index contributed by atoms with van der Waals surface area (Å²) in [6.07, 6.45) is 1.45. The van der Waals surface area contributed by atoms with E-state index in [0.717, 1.165) is 23.4 Å². The van der Waals surface area contributed by atoms with E-state index in [4.69, 9.17) is 5.11 Å². The molecule has 2 amide bonds. The summed E-state index contributed by atoms with van der Waals surface area (Å²) in [4.78, 5) is 27.9. The van der Waals surface area contributed by atoms with Crippen LogP contribution in [0.3, 0.4) is 0 Å². The molecular weight excluding hydrogens is 346 g/mol. The quantitative estimate of drug-likeness (QED) is 0.659. The van der Waals surface area contributed by atoms with Crippen molar-refractivity contribution in [3.05, 3.63) is 46.8 Å². The number of nitrogens with one attached hydrogen (secondary N) is 2. The number of urea groups is 1. The van der Waals surface area contributed by atoms with Gasteiger partial charge in [0.05, 0.1) is 5.69 Å². The van der Waals surface area contributed by atoms with E-state index in [1.165, 1.54) is 0 Å². The van der Waals surface area contributed by atoms with Crippen LogP contribution in [0.1, 0.15) is 12.8 Å². The lowest BCUT2D eigenvalue weighted by Gasteiger charge is -2.36. The molecule has 8 nitrogen and oxygen atoms in total. The van der Waals surface area contributed by atoms with E-state index >= 15 is 0 Å². The maximum Gasteiger partial charge on any atom is 0.317 e. The second kappa shape index (κ2) is 9.18. The molecule has 2 heterocycles. The molecule has 8 heteroatoms. The van der Waals surface area contributed by atoms with Gasteiger partial charge >= 0.3 is 6.03 Å². The van der Waals surface area contributed by atoms with Crippen molar-refractivity contribution in [1.29, 1.82) is 0 Å². The number of anilines is 1. The van der Waals surface area contributed by atoms with Crippen LogP contribution in [0.25, 0.3) is 11.3 Å². The van der Waals surface area contributed by atoms with Crippen molar-refractivity contribution < 1.29 is 9.90 Å². The van der Waals surface area contributed by atoms with Crippen molar-refractivity contribution in [3.8, 4) is 11.3 Å². The number of hydrogen-bond acceptors (Lipinski definition) is 5. The fraction of sp³-hybridized carbons (Fsp3) is 0.421. The van der Waals surface area contributed by atoms with Gasteiger partial charge in [-0.2, -0.15) is 5.10 Å². The summed E-state index contributed by atoms with van der Waals surface area (Å²) < 4.78 is 0. The van der Waals surface area contributed by atoms with Crippen molar-refractivity contribution in [2.75, 3.05) is 44.2 Å². The molecule has 144 valence electrons. The van der Waals surface area contributed by atoms with Crippen LogP contribution in [-0.4, -0.2) is 65.6 Å². The number of benzene rings is 1. The number of unbranched alkanes of at least 4 members (excludes halogenated alkanes) is 1. The van der Waals surface area contributed by atoms with Gasteiger partial charge in [-0.15, -0.1) is 0 Å².